The maximum Gasteiger partial charge on any atom is 0.254 e. The lowest BCUT2D eigenvalue weighted by molar-refractivity contribution is -0.140. The molecule has 2 aromatic heterocycles. The molecule has 0 amide bonds. The SMILES string of the molecule is CC#Cc1c(C)c(C)c(C)c2nc3c(c(CN)c12)Cn1c-3cc2c(c1=O)CCC(=O)[C@]2(O)CC. The highest BCUT2D eigenvalue weighted by atomic mass is 16.3. The Kier molecular flexibility index (Phi) is 5.05. The number of carbonyl (C=O) groups is 1. The molecule has 6 nitrogen and oxygen atoms in total. The summed E-state index contributed by atoms with van der Waals surface area (Å²) >= 11 is 0. The molecule has 1 aliphatic carbocycles. The van der Waals surface area contributed by atoms with Crippen molar-refractivity contribution < 1.29 is 9.90 Å². The van der Waals surface area contributed by atoms with Gasteiger partial charge < -0.3 is 15.4 Å². The number of nitrogens with two attached hydrogens (primary N) is 1. The zero-order valence-corrected chi connectivity index (χ0v) is 20.3. The number of benzene rings is 1. The van der Waals surface area contributed by atoms with Gasteiger partial charge in [-0.2, -0.15) is 0 Å². The van der Waals surface area contributed by atoms with Gasteiger partial charge in [0.05, 0.1) is 23.4 Å². The average Bonchev–Trinajstić information content (AvgIpc) is 3.20. The number of Topliss-reactive ketones (excluding diaryl/α,β-unsaturated/α-hetero) is 1. The van der Waals surface area contributed by atoms with Crippen LogP contribution in [0.2, 0.25) is 0 Å². The van der Waals surface area contributed by atoms with E-state index < -0.39 is 5.60 Å². The number of hydrogen-bond acceptors (Lipinski definition) is 5. The number of aryl methyl sites for hydroxylation is 1. The van der Waals surface area contributed by atoms with Crippen LogP contribution in [0.25, 0.3) is 22.3 Å². The summed E-state index contributed by atoms with van der Waals surface area (Å²) in [5, 5.41) is 12.2. The first kappa shape index (κ1) is 22.5. The molecule has 2 aliphatic rings. The van der Waals surface area contributed by atoms with Crippen LogP contribution >= 0.6 is 0 Å². The lowest BCUT2D eigenvalue weighted by atomic mass is 9.77. The van der Waals surface area contributed by atoms with Gasteiger partial charge in [0.2, 0.25) is 0 Å². The Labute approximate surface area is 198 Å². The second-order valence-electron chi connectivity index (χ2n) is 9.42. The molecule has 0 bridgehead atoms. The van der Waals surface area contributed by atoms with Gasteiger partial charge in [-0.05, 0) is 68.9 Å². The number of fused-ring (bicyclic) bond motifs is 5. The minimum Gasteiger partial charge on any atom is -0.377 e. The summed E-state index contributed by atoms with van der Waals surface area (Å²) in [6, 6.07) is 1.81. The van der Waals surface area contributed by atoms with E-state index in [1.807, 2.05) is 13.0 Å². The molecule has 5 rings (SSSR count). The number of aliphatic hydroxyl groups is 1. The van der Waals surface area contributed by atoms with E-state index in [2.05, 4.69) is 32.6 Å². The van der Waals surface area contributed by atoms with E-state index in [9.17, 15) is 14.7 Å². The summed E-state index contributed by atoms with van der Waals surface area (Å²) in [5.41, 5.74) is 13.8. The Hall–Kier alpha value is -3.27. The fraction of sp³-hybridized carbons (Fsp3) is 0.393. The molecule has 1 aliphatic heterocycles. The smallest absolute Gasteiger partial charge is 0.254 e. The van der Waals surface area contributed by atoms with Crippen LogP contribution in [0.15, 0.2) is 10.9 Å². The zero-order chi connectivity index (χ0) is 24.5. The van der Waals surface area contributed by atoms with Gasteiger partial charge in [-0.15, -0.1) is 5.92 Å². The van der Waals surface area contributed by atoms with Crippen molar-refractivity contribution in [2.24, 2.45) is 5.73 Å². The van der Waals surface area contributed by atoms with Crippen LogP contribution in [0.4, 0.5) is 0 Å². The van der Waals surface area contributed by atoms with Crippen molar-refractivity contribution in [3.63, 3.8) is 0 Å². The Morgan fingerprint density at radius 3 is 2.53 bits per heavy atom. The molecule has 0 radical (unpaired) electrons. The van der Waals surface area contributed by atoms with Gasteiger partial charge >= 0.3 is 0 Å². The summed E-state index contributed by atoms with van der Waals surface area (Å²) < 4.78 is 1.72. The fourth-order valence-corrected chi connectivity index (χ4v) is 5.73. The van der Waals surface area contributed by atoms with Gasteiger partial charge in [0.25, 0.3) is 5.56 Å². The highest BCUT2D eigenvalue weighted by Gasteiger charge is 2.43. The van der Waals surface area contributed by atoms with Crippen molar-refractivity contribution in [3.8, 4) is 23.2 Å². The molecule has 3 N–H and O–H groups in total. The first-order valence-electron chi connectivity index (χ1n) is 11.8. The van der Waals surface area contributed by atoms with Crippen molar-refractivity contribution in [1.82, 2.24) is 9.55 Å². The van der Waals surface area contributed by atoms with Crippen molar-refractivity contribution in [1.29, 1.82) is 0 Å². The van der Waals surface area contributed by atoms with Crippen LogP contribution in [0.3, 0.4) is 0 Å². The maximum atomic E-state index is 13.6. The Morgan fingerprint density at radius 2 is 1.88 bits per heavy atom. The highest BCUT2D eigenvalue weighted by Crippen LogP contribution is 2.42. The van der Waals surface area contributed by atoms with E-state index in [1.54, 1.807) is 11.5 Å². The average molecular weight is 456 g/mol. The molecular formula is C28H29N3O3. The Balaban J connectivity index is 1.91. The first-order chi connectivity index (χ1) is 16.2. The number of hydrogen-bond donors (Lipinski definition) is 2. The number of ketones is 1. The molecule has 0 spiro atoms. The standard InChI is InChI=1S/C28H29N3O3/c1-6-8-17-15(4)14(3)16(5)25-24(17)19(12-29)20-13-31-22(26(20)30-25)11-21-18(27(31)33)9-10-23(32)28(21,34)7-2/h11,34H,7,9-10,12-13,29H2,1-5H3/t28-/m0/s1. The third kappa shape index (κ3) is 2.74. The van der Waals surface area contributed by atoms with Crippen molar-refractivity contribution in [3.05, 3.63) is 60.9 Å². The number of carbonyl (C=O) groups excluding carboxylic acids is 1. The minimum absolute atomic E-state index is 0.158. The number of aromatic nitrogens is 2. The van der Waals surface area contributed by atoms with Gasteiger partial charge in [-0.1, -0.05) is 12.8 Å². The fourth-order valence-electron chi connectivity index (χ4n) is 5.73. The molecule has 1 aromatic carbocycles. The molecule has 3 heterocycles. The van der Waals surface area contributed by atoms with E-state index >= 15 is 0 Å². The maximum absolute atomic E-state index is 13.6. The van der Waals surface area contributed by atoms with Crippen LogP contribution in [0, 0.1) is 32.6 Å². The molecule has 174 valence electrons. The van der Waals surface area contributed by atoms with E-state index in [1.165, 1.54) is 0 Å². The molecular weight excluding hydrogens is 426 g/mol. The summed E-state index contributed by atoms with van der Waals surface area (Å²) in [6.07, 6.45) is 0.745. The molecule has 0 unspecified atom stereocenters. The zero-order valence-electron chi connectivity index (χ0n) is 20.3. The Morgan fingerprint density at radius 1 is 1.15 bits per heavy atom. The van der Waals surface area contributed by atoms with Crippen LogP contribution in [-0.2, 0) is 29.9 Å². The number of nitrogens with zero attached hydrogens (tertiary/aromatic N) is 2. The topological polar surface area (TPSA) is 98.2 Å². The van der Waals surface area contributed by atoms with Gasteiger partial charge in [0.15, 0.2) is 5.78 Å². The van der Waals surface area contributed by atoms with Crippen LogP contribution in [-0.4, -0.2) is 20.4 Å². The molecule has 34 heavy (non-hydrogen) atoms. The molecule has 0 saturated carbocycles. The van der Waals surface area contributed by atoms with Gasteiger partial charge in [0.1, 0.15) is 5.60 Å². The quantitative estimate of drug-likeness (QED) is 0.452. The van der Waals surface area contributed by atoms with Crippen molar-refractivity contribution >= 4 is 16.7 Å². The predicted molar refractivity (Wildman–Crippen MR) is 133 cm³/mol. The second kappa shape index (κ2) is 7.63. The third-order valence-electron chi connectivity index (χ3n) is 7.95. The van der Waals surface area contributed by atoms with E-state index in [4.69, 9.17) is 10.7 Å². The van der Waals surface area contributed by atoms with Crippen molar-refractivity contribution in [2.45, 2.75) is 72.6 Å². The normalized spacial score (nSPS) is 18.4. The molecule has 6 heteroatoms. The lowest BCUT2D eigenvalue weighted by Crippen LogP contribution is -2.43. The van der Waals surface area contributed by atoms with Crippen molar-refractivity contribution in [2.75, 3.05) is 0 Å². The van der Waals surface area contributed by atoms with E-state index in [0.717, 1.165) is 44.3 Å². The third-order valence-corrected chi connectivity index (χ3v) is 7.95. The Bertz CT molecular complexity index is 1550. The number of rotatable bonds is 2. The molecule has 0 fully saturated rings. The summed E-state index contributed by atoms with van der Waals surface area (Å²) in [5.74, 6) is 6.07. The predicted octanol–water partition coefficient (Wildman–Crippen LogP) is 3.29. The largest absolute Gasteiger partial charge is 0.377 e. The second-order valence-corrected chi connectivity index (χ2v) is 9.42. The lowest BCUT2D eigenvalue weighted by Gasteiger charge is -2.32. The summed E-state index contributed by atoms with van der Waals surface area (Å²) in [6.45, 7) is 10.5. The van der Waals surface area contributed by atoms with Crippen LogP contribution < -0.4 is 11.3 Å². The van der Waals surface area contributed by atoms with Crippen LogP contribution in [0.5, 0.6) is 0 Å². The summed E-state index contributed by atoms with van der Waals surface area (Å²) in [4.78, 5) is 31.3. The molecule has 0 saturated heterocycles. The highest BCUT2D eigenvalue weighted by molar-refractivity contribution is 5.97. The van der Waals surface area contributed by atoms with Gasteiger partial charge in [0, 0.05) is 40.6 Å². The van der Waals surface area contributed by atoms with Crippen LogP contribution in [0.1, 0.15) is 71.2 Å². The van der Waals surface area contributed by atoms with Gasteiger partial charge in [-0.25, -0.2) is 4.98 Å². The monoisotopic (exact) mass is 455 g/mol. The molecule has 1 atom stereocenters. The first-order valence-corrected chi connectivity index (χ1v) is 11.8. The molecule has 3 aromatic rings. The van der Waals surface area contributed by atoms with E-state index in [0.29, 0.717) is 42.0 Å². The van der Waals surface area contributed by atoms with Gasteiger partial charge in [-0.3, -0.25) is 9.59 Å². The summed E-state index contributed by atoms with van der Waals surface area (Å²) in [7, 11) is 0. The number of pyridine rings is 2. The van der Waals surface area contributed by atoms with E-state index in [-0.39, 0.29) is 24.2 Å². The minimum atomic E-state index is -1.63.